The molecule has 1 heterocycles. The van der Waals surface area contributed by atoms with Gasteiger partial charge in [0.2, 0.25) is 0 Å². The zero-order valence-electron chi connectivity index (χ0n) is 12.4. The van der Waals surface area contributed by atoms with Crippen molar-refractivity contribution in [3.63, 3.8) is 0 Å². The molecule has 0 unspecified atom stereocenters. The fourth-order valence-corrected chi connectivity index (χ4v) is 2.11. The Labute approximate surface area is 133 Å². The lowest BCUT2D eigenvalue weighted by atomic mass is 10.1. The van der Waals surface area contributed by atoms with E-state index < -0.39 is 0 Å². The van der Waals surface area contributed by atoms with E-state index in [0.29, 0.717) is 22.0 Å². The van der Waals surface area contributed by atoms with Crippen LogP contribution in [0.15, 0.2) is 30.6 Å². The van der Waals surface area contributed by atoms with Crippen LogP contribution in [-0.4, -0.2) is 22.6 Å². The van der Waals surface area contributed by atoms with Crippen LogP contribution < -0.4 is 10.1 Å². The summed E-state index contributed by atoms with van der Waals surface area (Å²) in [7, 11) is 0. The van der Waals surface area contributed by atoms with E-state index in [2.05, 4.69) is 10.3 Å². The Hall–Kier alpha value is -2.11. The molecule has 1 aromatic carbocycles. The van der Waals surface area contributed by atoms with E-state index in [9.17, 15) is 9.90 Å². The highest BCUT2D eigenvalue weighted by Crippen LogP contribution is 2.25. The minimum Gasteiger partial charge on any atom is -0.484 e. The third-order valence-corrected chi connectivity index (χ3v) is 3.73. The van der Waals surface area contributed by atoms with Gasteiger partial charge >= 0.3 is 0 Å². The van der Waals surface area contributed by atoms with Gasteiger partial charge in [0.25, 0.3) is 5.91 Å². The molecule has 22 heavy (non-hydrogen) atoms. The number of pyridine rings is 1. The lowest BCUT2D eigenvalue weighted by Crippen LogP contribution is -2.21. The van der Waals surface area contributed by atoms with Crippen molar-refractivity contribution in [2.24, 2.45) is 0 Å². The van der Waals surface area contributed by atoms with Gasteiger partial charge in [0.05, 0.1) is 18.5 Å². The van der Waals surface area contributed by atoms with Crippen molar-refractivity contribution in [2.45, 2.75) is 20.5 Å². The highest BCUT2D eigenvalue weighted by Gasteiger charge is 2.09. The van der Waals surface area contributed by atoms with Gasteiger partial charge < -0.3 is 15.2 Å². The number of hydrogen-bond donors (Lipinski definition) is 2. The molecule has 0 fully saturated rings. The van der Waals surface area contributed by atoms with Crippen molar-refractivity contribution in [3.8, 4) is 5.75 Å². The molecule has 2 aromatic rings. The van der Waals surface area contributed by atoms with Gasteiger partial charge in [0.15, 0.2) is 6.61 Å². The number of carbonyl (C=O) groups excluding carboxylic acids is 1. The molecule has 0 radical (unpaired) electrons. The highest BCUT2D eigenvalue weighted by molar-refractivity contribution is 6.32. The van der Waals surface area contributed by atoms with Crippen molar-refractivity contribution >= 4 is 23.2 Å². The number of aliphatic hydroxyl groups is 1. The van der Waals surface area contributed by atoms with E-state index in [0.717, 1.165) is 11.1 Å². The Bertz CT molecular complexity index is 666. The van der Waals surface area contributed by atoms with Gasteiger partial charge in [-0.3, -0.25) is 9.78 Å². The number of nitrogens with one attached hydrogen (secondary N) is 1. The molecule has 5 nitrogen and oxygen atoms in total. The zero-order chi connectivity index (χ0) is 16.1. The van der Waals surface area contributed by atoms with Crippen molar-refractivity contribution in [2.75, 3.05) is 11.9 Å². The van der Waals surface area contributed by atoms with E-state index in [4.69, 9.17) is 16.3 Å². The van der Waals surface area contributed by atoms with Crippen molar-refractivity contribution in [1.82, 2.24) is 4.98 Å². The first-order valence-corrected chi connectivity index (χ1v) is 7.12. The molecule has 0 atom stereocenters. The summed E-state index contributed by atoms with van der Waals surface area (Å²) >= 11 is 6.09. The first-order valence-electron chi connectivity index (χ1n) is 6.74. The van der Waals surface area contributed by atoms with Crippen LogP contribution in [0, 0.1) is 13.8 Å². The summed E-state index contributed by atoms with van der Waals surface area (Å²) in [6, 6.07) is 5.21. The predicted molar refractivity (Wildman–Crippen MR) is 85.2 cm³/mol. The molecule has 0 aliphatic rings. The van der Waals surface area contributed by atoms with Gasteiger partial charge in [-0.2, -0.15) is 0 Å². The van der Waals surface area contributed by atoms with Gasteiger partial charge in [0, 0.05) is 16.8 Å². The third kappa shape index (κ3) is 3.96. The largest absolute Gasteiger partial charge is 0.484 e. The number of carbonyl (C=O) groups is 1. The second kappa shape index (κ2) is 7.24. The standard InChI is InChI=1S/C16H17ClN2O3/c1-10-5-13(6-11(2)16(10)17)22-9-15(21)19-14-7-18-4-3-12(14)8-20/h3-7,20H,8-9H2,1-2H3,(H,19,21). The monoisotopic (exact) mass is 320 g/mol. The van der Waals surface area contributed by atoms with Crippen molar-refractivity contribution in [1.29, 1.82) is 0 Å². The van der Waals surface area contributed by atoms with Crippen LogP contribution in [0.5, 0.6) is 5.75 Å². The highest BCUT2D eigenvalue weighted by atomic mass is 35.5. The summed E-state index contributed by atoms with van der Waals surface area (Å²) in [5, 5.41) is 12.6. The zero-order valence-corrected chi connectivity index (χ0v) is 13.1. The van der Waals surface area contributed by atoms with Crippen LogP contribution in [-0.2, 0) is 11.4 Å². The molecule has 0 aliphatic carbocycles. The van der Waals surface area contributed by atoms with Crippen LogP contribution >= 0.6 is 11.6 Å². The quantitative estimate of drug-likeness (QED) is 0.888. The van der Waals surface area contributed by atoms with Gasteiger partial charge in [0.1, 0.15) is 5.75 Å². The molecule has 0 bridgehead atoms. The second-order valence-corrected chi connectivity index (χ2v) is 5.28. The predicted octanol–water partition coefficient (Wildman–Crippen LogP) is 2.86. The van der Waals surface area contributed by atoms with Gasteiger partial charge in [-0.15, -0.1) is 0 Å². The summed E-state index contributed by atoms with van der Waals surface area (Å²) < 4.78 is 5.48. The minimum atomic E-state index is -0.326. The maximum atomic E-state index is 11.9. The molecule has 0 aliphatic heterocycles. The Balaban J connectivity index is 1.98. The van der Waals surface area contributed by atoms with Crippen LogP contribution in [0.25, 0.3) is 0 Å². The SMILES string of the molecule is Cc1cc(OCC(=O)Nc2cnccc2CO)cc(C)c1Cl. The number of hydrogen-bond acceptors (Lipinski definition) is 4. The topological polar surface area (TPSA) is 71.5 Å². The number of ether oxygens (including phenoxy) is 1. The number of halogens is 1. The molecular weight excluding hydrogens is 304 g/mol. The van der Waals surface area contributed by atoms with Crippen LogP contribution in [0.4, 0.5) is 5.69 Å². The first-order chi connectivity index (χ1) is 10.5. The summed E-state index contributed by atoms with van der Waals surface area (Å²) in [4.78, 5) is 15.8. The van der Waals surface area contributed by atoms with Crippen LogP contribution in [0.3, 0.4) is 0 Å². The lowest BCUT2D eigenvalue weighted by Gasteiger charge is -2.11. The summed E-state index contributed by atoms with van der Waals surface area (Å²) in [6.07, 6.45) is 3.04. The Morgan fingerprint density at radius 2 is 2.05 bits per heavy atom. The summed E-state index contributed by atoms with van der Waals surface area (Å²) in [5.74, 6) is 0.260. The van der Waals surface area contributed by atoms with Crippen molar-refractivity contribution in [3.05, 3.63) is 52.3 Å². The molecule has 0 spiro atoms. The fourth-order valence-electron chi connectivity index (χ4n) is 2.00. The van der Waals surface area contributed by atoms with E-state index in [1.165, 1.54) is 6.20 Å². The van der Waals surface area contributed by atoms with E-state index in [1.54, 1.807) is 24.4 Å². The molecule has 6 heteroatoms. The molecule has 2 rings (SSSR count). The number of anilines is 1. The molecule has 1 amide bonds. The molecular formula is C16H17ClN2O3. The van der Waals surface area contributed by atoms with Crippen LogP contribution in [0.1, 0.15) is 16.7 Å². The number of benzene rings is 1. The fraction of sp³-hybridized carbons (Fsp3) is 0.250. The number of aromatic nitrogens is 1. The number of aliphatic hydroxyl groups excluding tert-OH is 1. The smallest absolute Gasteiger partial charge is 0.262 e. The van der Waals surface area contributed by atoms with E-state index >= 15 is 0 Å². The molecule has 1 aromatic heterocycles. The van der Waals surface area contributed by atoms with Crippen molar-refractivity contribution < 1.29 is 14.6 Å². The maximum Gasteiger partial charge on any atom is 0.262 e. The maximum absolute atomic E-state index is 11.9. The Morgan fingerprint density at radius 3 is 2.68 bits per heavy atom. The average Bonchev–Trinajstić information content (AvgIpc) is 2.51. The van der Waals surface area contributed by atoms with Gasteiger partial charge in [-0.05, 0) is 43.2 Å². The average molecular weight is 321 g/mol. The Morgan fingerprint density at radius 1 is 1.36 bits per heavy atom. The van der Waals surface area contributed by atoms with E-state index in [-0.39, 0.29) is 19.1 Å². The molecule has 2 N–H and O–H groups in total. The number of aryl methyl sites for hydroxylation is 2. The number of nitrogens with zero attached hydrogens (tertiary/aromatic N) is 1. The Kier molecular flexibility index (Phi) is 5.35. The van der Waals surface area contributed by atoms with Crippen LogP contribution in [0.2, 0.25) is 5.02 Å². The normalized spacial score (nSPS) is 10.4. The van der Waals surface area contributed by atoms with E-state index in [1.807, 2.05) is 13.8 Å². The first kappa shape index (κ1) is 16.3. The molecule has 0 saturated heterocycles. The van der Waals surface area contributed by atoms with Gasteiger partial charge in [-0.1, -0.05) is 11.6 Å². The number of rotatable bonds is 5. The molecule has 116 valence electrons. The van der Waals surface area contributed by atoms with Gasteiger partial charge in [-0.25, -0.2) is 0 Å². The summed E-state index contributed by atoms with van der Waals surface area (Å²) in [5.41, 5.74) is 2.86. The third-order valence-electron chi connectivity index (χ3n) is 3.14. The molecule has 0 saturated carbocycles. The minimum absolute atomic E-state index is 0.139. The summed E-state index contributed by atoms with van der Waals surface area (Å²) in [6.45, 7) is 3.45. The lowest BCUT2D eigenvalue weighted by molar-refractivity contribution is -0.118. The number of amides is 1. The second-order valence-electron chi connectivity index (χ2n) is 4.90.